The standard InChI is InChI=1S/C27H33N9/c1-18(2)35(19(3)4)16-15-28-24-23-25(36(17-29-23)20-11-7-6-8-12-20)32-26(31-24)33-27-30-21-13-9-10-14-22(21)34(27)5/h6-14,17-19H,15-16H2,1-5H3,(H2,28,30,31,32,33). The molecule has 0 amide bonds. The Balaban J connectivity index is 1.52. The average molecular weight is 484 g/mol. The predicted octanol–water partition coefficient (Wildman–Crippen LogP) is 4.98. The highest BCUT2D eigenvalue weighted by molar-refractivity contribution is 5.86. The van der Waals surface area contributed by atoms with Crippen LogP contribution in [0.2, 0.25) is 0 Å². The molecule has 0 atom stereocenters. The number of anilines is 3. The zero-order chi connectivity index (χ0) is 25.2. The van der Waals surface area contributed by atoms with Crippen molar-refractivity contribution in [1.82, 2.24) is 34.0 Å². The van der Waals surface area contributed by atoms with Gasteiger partial charge >= 0.3 is 0 Å². The van der Waals surface area contributed by atoms with E-state index in [0.717, 1.165) is 41.0 Å². The van der Waals surface area contributed by atoms with Crippen molar-refractivity contribution in [3.05, 3.63) is 60.9 Å². The molecule has 0 fully saturated rings. The third-order valence-electron chi connectivity index (χ3n) is 6.43. The Morgan fingerprint density at radius 1 is 0.889 bits per heavy atom. The van der Waals surface area contributed by atoms with E-state index < -0.39 is 0 Å². The molecule has 0 saturated carbocycles. The number of fused-ring (bicyclic) bond motifs is 2. The third-order valence-corrected chi connectivity index (χ3v) is 6.43. The van der Waals surface area contributed by atoms with Gasteiger partial charge in [-0.2, -0.15) is 9.97 Å². The van der Waals surface area contributed by atoms with Crippen LogP contribution in [0.1, 0.15) is 27.7 Å². The normalized spacial score (nSPS) is 11.9. The topological polar surface area (TPSA) is 88.7 Å². The fourth-order valence-corrected chi connectivity index (χ4v) is 4.63. The molecule has 0 radical (unpaired) electrons. The van der Waals surface area contributed by atoms with Crippen LogP contribution in [0, 0.1) is 0 Å². The summed E-state index contributed by atoms with van der Waals surface area (Å²) in [5, 5.41) is 6.86. The van der Waals surface area contributed by atoms with Gasteiger partial charge in [-0.05, 0) is 52.0 Å². The molecule has 0 aliphatic rings. The van der Waals surface area contributed by atoms with E-state index in [-0.39, 0.29) is 0 Å². The molecule has 5 aromatic rings. The first-order chi connectivity index (χ1) is 17.4. The van der Waals surface area contributed by atoms with Gasteiger partial charge in [0.05, 0.1) is 11.0 Å². The number of rotatable bonds is 9. The van der Waals surface area contributed by atoms with E-state index in [4.69, 9.17) is 15.0 Å². The number of nitrogens with zero attached hydrogens (tertiary/aromatic N) is 7. The summed E-state index contributed by atoms with van der Waals surface area (Å²) >= 11 is 0. The second-order valence-corrected chi connectivity index (χ2v) is 9.48. The van der Waals surface area contributed by atoms with Crippen molar-refractivity contribution >= 4 is 39.9 Å². The van der Waals surface area contributed by atoms with Crippen LogP contribution < -0.4 is 10.6 Å². The number of hydrogen-bond acceptors (Lipinski definition) is 7. The van der Waals surface area contributed by atoms with E-state index >= 15 is 0 Å². The molecule has 5 rings (SSSR count). The van der Waals surface area contributed by atoms with Crippen LogP contribution in [0.15, 0.2) is 60.9 Å². The fourth-order valence-electron chi connectivity index (χ4n) is 4.63. The Morgan fingerprint density at radius 2 is 1.61 bits per heavy atom. The van der Waals surface area contributed by atoms with Gasteiger partial charge in [0.15, 0.2) is 17.0 Å². The number of benzene rings is 2. The lowest BCUT2D eigenvalue weighted by atomic mass is 10.2. The van der Waals surface area contributed by atoms with Crippen LogP contribution in [0.25, 0.3) is 27.9 Å². The van der Waals surface area contributed by atoms with Gasteiger partial charge < -0.3 is 9.88 Å². The molecule has 0 aliphatic carbocycles. The second kappa shape index (κ2) is 9.94. The lowest BCUT2D eigenvalue weighted by Crippen LogP contribution is -2.40. The van der Waals surface area contributed by atoms with E-state index in [1.54, 1.807) is 6.33 Å². The molecule has 36 heavy (non-hydrogen) atoms. The maximum atomic E-state index is 4.85. The number of aromatic nitrogens is 6. The van der Waals surface area contributed by atoms with Crippen molar-refractivity contribution < 1.29 is 0 Å². The zero-order valence-electron chi connectivity index (χ0n) is 21.5. The minimum Gasteiger partial charge on any atom is -0.367 e. The monoisotopic (exact) mass is 483 g/mol. The summed E-state index contributed by atoms with van der Waals surface area (Å²) in [4.78, 5) is 21.5. The van der Waals surface area contributed by atoms with Gasteiger partial charge in [0.2, 0.25) is 11.9 Å². The molecule has 0 saturated heterocycles. The summed E-state index contributed by atoms with van der Waals surface area (Å²) < 4.78 is 3.99. The van der Waals surface area contributed by atoms with Crippen LogP contribution >= 0.6 is 0 Å². The Hall–Kier alpha value is -3.98. The van der Waals surface area contributed by atoms with E-state index in [9.17, 15) is 0 Å². The molecular formula is C27H33N9. The Labute approximate surface area is 211 Å². The van der Waals surface area contributed by atoms with Gasteiger partial charge in [-0.1, -0.05) is 30.3 Å². The maximum Gasteiger partial charge on any atom is 0.233 e. The van der Waals surface area contributed by atoms with Crippen molar-refractivity contribution in [2.75, 3.05) is 23.7 Å². The number of imidazole rings is 2. The molecule has 0 aliphatic heterocycles. The van der Waals surface area contributed by atoms with Crippen molar-refractivity contribution in [2.24, 2.45) is 7.05 Å². The Morgan fingerprint density at radius 3 is 2.33 bits per heavy atom. The first-order valence-corrected chi connectivity index (χ1v) is 12.4. The molecule has 0 spiro atoms. The lowest BCUT2D eigenvalue weighted by Gasteiger charge is -2.30. The van der Waals surface area contributed by atoms with Crippen molar-refractivity contribution in [2.45, 2.75) is 39.8 Å². The molecule has 0 bridgehead atoms. The van der Waals surface area contributed by atoms with E-state index in [0.29, 0.717) is 29.8 Å². The molecule has 3 heterocycles. The molecular weight excluding hydrogens is 450 g/mol. The van der Waals surface area contributed by atoms with Crippen LogP contribution in [0.5, 0.6) is 0 Å². The summed E-state index contributed by atoms with van der Waals surface area (Å²) in [5.41, 5.74) is 4.40. The highest BCUT2D eigenvalue weighted by atomic mass is 15.3. The highest BCUT2D eigenvalue weighted by Gasteiger charge is 2.18. The average Bonchev–Trinajstić information content (AvgIpc) is 3.43. The Bertz CT molecular complexity index is 1460. The smallest absolute Gasteiger partial charge is 0.233 e. The first kappa shape index (κ1) is 23.7. The molecule has 186 valence electrons. The summed E-state index contributed by atoms with van der Waals surface area (Å²) in [6.45, 7) is 10.5. The van der Waals surface area contributed by atoms with E-state index in [2.05, 4.69) is 48.2 Å². The molecule has 2 N–H and O–H groups in total. The van der Waals surface area contributed by atoms with Crippen molar-refractivity contribution in [1.29, 1.82) is 0 Å². The van der Waals surface area contributed by atoms with Gasteiger partial charge in [0, 0.05) is 37.9 Å². The highest BCUT2D eigenvalue weighted by Crippen LogP contribution is 2.26. The second-order valence-electron chi connectivity index (χ2n) is 9.48. The number of nitrogens with one attached hydrogen (secondary N) is 2. The van der Waals surface area contributed by atoms with Crippen LogP contribution in [0.4, 0.5) is 17.7 Å². The summed E-state index contributed by atoms with van der Waals surface area (Å²) in [5.74, 6) is 1.84. The van der Waals surface area contributed by atoms with Crippen molar-refractivity contribution in [3.8, 4) is 5.69 Å². The molecule has 0 unspecified atom stereocenters. The molecule has 3 aromatic heterocycles. The molecule has 9 heteroatoms. The van der Waals surface area contributed by atoms with Crippen LogP contribution in [0.3, 0.4) is 0 Å². The Kier molecular flexibility index (Phi) is 6.56. The van der Waals surface area contributed by atoms with Crippen LogP contribution in [-0.2, 0) is 7.05 Å². The summed E-state index contributed by atoms with van der Waals surface area (Å²) in [6, 6.07) is 19.1. The summed E-state index contributed by atoms with van der Waals surface area (Å²) in [6.07, 6.45) is 1.80. The van der Waals surface area contributed by atoms with Crippen LogP contribution in [-0.4, -0.2) is 59.1 Å². The third kappa shape index (κ3) is 4.61. The number of aryl methyl sites for hydroxylation is 1. The molecule has 2 aromatic carbocycles. The van der Waals surface area contributed by atoms with Gasteiger partial charge in [-0.25, -0.2) is 9.97 Å². The molecule has 9 nitrogen and oxygen atoms in total. The van der Waals surface area contributed by atoms with Crippen molar-refractivity contribution in [3.63, 3.8) is 0 Å². The fraction of sp³-hybridized carbons (Fsp3) is 0.333. The number of hydrogen-bond donors (Lipinski definition) is 2. The quantitative estimate of drug-likeness (QED) is 0.306. The first-order valence-electron chi connectivity index (χ1n) is 12.4. The zero-order valence-corrected chi connectivity index (χ0v) is 21.5. The van der Waals surface area contributed by atoms with E-state index in [1.165, 1.54) is 0 Å². The van der Waals surface area contributed by atoms with Gasteiger partial charge in [0.1, 0.15) is 6.33 Å². The largest absolute Gasteiger partial charge is 0.367 e. The number of para-hydroxylation sites is 3. The van der Waals surface area contributed by atoms with E-state index in [1.807, 2.05) is 70.8 Å². The van der Waals surface area contributed by atoms with Gasteiger partial charge in [-0.15, -0.1) is 0 Å². The maximum absolute atomic E-state index is 4.85. The SMILES string of the molecule is CC(C)N(CCNc1nc(Nc2nc3ccccc3n2C)nc2c1ncn2-c1ccccc1)C(C)C. The van der Waals surface area contributed by atoms with Gasteiger partial charge in [-0.3, -0.25) is 14.8 Å². The summed E-state index contributed by atoms with van der Waals surface area (Å²) in [7, 11) is 1.98. The lowest BCUT2D eigenvalue weighted by molar-refractivity contribution is 0.182. The minimum atomic E-state index is 0.462. The predicted molar refractivity (Wildman–Crippen MR) is 146 cm³/mol. The minimum absolute atomic E-state index is 0.462. The van der Waals surface area contributed by atoms with Gasteiger partial charge in [0.25, 0.3) is 0 Å².